The van der Waals surface area contributed by atoms with E-state index in [9.17, 15) is 4.79 Å². The number of carbonyl (C=O) groups is 1. The third kappa shape index (κ3) is 3.67. The summed E-state index contributed by atoms with van der Waals surface area (Å²) < 4.78 is 5.35. The van der Waals surface area contributed by atoms with Gasteiger partial charge in [-0.15, -0.1) is 0 Å². The lowest BCUT2D eigenvalue weighted by Gasteiger charge is -2.37. The molecule has 0 aromatic rings. The van der Waals surface area contributed by atoms with Gasteiger partial charge in [-0.3, -0.25) is 0 Å². The van der Waals surface area contributed by atoms with Gasteiger partial charge in [0.15, 0.2) is 0 Å². The molecular weight excluding hydrogens is 204 g/mol. The average Bonchev–Trinajstić information content (AvgIpc) is 2.15. The van der Waals surface area contributed by atoms with Gasteiger partial charge >= 0.3 is 6.09 Å². The highest BCUT2D eigenvalue weighted by molar-refractivity contribution is 5.68. The summed E-state index contributed by atoms with van der Waals surface area (Å²) in [5.41, 5.74) is 5.29. The lowest BCUT2D eigenvalue weighted by Crippen LogP contribution is -2.47. The highest BCUT2D eigenvalue weighted by atomic mass is 16.6. The third-order valence-corrected chi connectivity index (χ3v) is 3.07. The first kappa shape index (κ1) is 13.3. The molecule has 0 unspecified atom stereocenters. The number of nitrogens with zero attached hydrogens (tertiary/aromatic N) is 1. The topological polar surface area (TPSA) is 55.6 Å². The monoisotopic (exact) mass is 228 g/mol. The third-order valence-electron chi connectivity index (χ3n) is 3.07. The van der Waals surface area contributed by atoms with E-state index in [1.807, 2.05) is 20.8 Å². The number of rotatable bonds is 1. The van der Waals surface area contributed by atoms with E-state index in [0.29, 0.717) is 18.4 Å². The van der Waals surface area contributed by atoms with Gasteiger partial charge in [0.1, 0.15) is 5.60 Å². The summed E-state index contributed by atoms with van der Waals surface area (Å²) in [5, 5.41) is 0. The zero-order valence-electron chi connectivity index (χ0n) is 10.8. The number of nitrogens with two attached hydrogens (primary N) is 1. The minimum absolute atomic E-state index is 0.210. The Morgan fingerprint density at radius 1 is 1.50 bits per heavy atom. The maximum Gasteiger partial charge on any atom is 0.410 e. The Labute approximate surface area is 98.1 Å². The zero-order valence-corrected chi connectivity index (χ0v) is 10.8. The summed E-state index contributed by atoms with van der Waals surface area (Å²) in [7, 11) is 0. The zero-order chi connectivity index (χ0) is 12.3. The highest BCUT2D eigenvalue weighted by Gasteiger charge is 2.30. The molecule has 0 bridgehead atoms. The van der Waals surface area contributed by atoms with Gasteiger partial charge in [0.2, 0.25) is 0 Å². The van der Waals surface area contributed by atoms with Gasteiger partial charge in [0, 0.05) is 13.1 Å². The molecule has 1 fully saturated rings. The molecule has 1 amide bonds. The molecule has 2 atom stereocenters. The van der Waals surface area contributed by atoms with E-state index >= 15 is 0 Å². The van der Waals surface area contributed by atoms with E-state index in [0.717, 1.165) is 19.5 Å². The molecule has 0 aromatic carbocycles. The molecule has 1 aliphatic rings. The molecule has 0 spiro atoms. The van der Waals surface area contributed by atoms with Gasteiger partial charge in [0.05, 0.1) is 0 Å². The van der Waals surface area contributed by atoms with E-state index in [-0.39, 0.29) is 6.09 Å². The van der Waals surface area contributed by atoms with Crippen molar-refractivity contribution >= 4 is 6.09 Å². The second-order valence-electron chi connectivity index (χ2n) is 5.69. The van der Waals surface area contributed by atoms with Crippen LogP contribution in [0.25, 0.3) is 0 Å². The Morgan fingerprint density at radius 3 is 2.62 bits per heavy atom. The van der Waals surface area contributed by atoms with Crippen LogP contribution < -0.4 is 5.73 Å². The van der Waals surface area contributed by atoms with Crippen LogP contribution >= 0.6 is 0 Å². The van der Waals surface area contributed by atoms with E-state index in [1.54, 1.807) is 4.90 Å². The van der Waals surface area contributed by atoms with E-state index in [4.69, 9.17) is 10.5 Å². The largest absolute Gasteiger partial charge is 0.444 e. The summed E-state index contributed by atoms with van der Waals surface area (Å²) in [6.07, 6.45) is 0.805. The molecule has 0 saturated carbocycles. The summed E-state index contributed by atoms with van der Waals surface area (Å²) >= 11 is 0. The number of carbonyl (C=O) groups excluding carboxylic acids is 1. The molecule has 94 valence electrons. The fourth-order valence-electron chi connectivity index (χ4n) is 1.95. The second-order valence-corrected chi connectivity index (χ2v) is 5.69. The van der Waals surface area contributed by atoms with Crippen molar-refractivity contribution in [3.05, 3.63) is 0 Å². The summed E-state index contributed by atoms with van der Waals surface area (Å²) in [6, 6.07) is 0. The highest BCUT2D eigenvalue weighted by Crippen LogP contribution is 2.23. The van der Waals surface area contributed by atoms with Crippen molar-refractivity contribution < 1.29 is 9.53 Å². The van der Waals surface area contributed by atoms with Gasteiger partial charge in [-0.25, -0.2) is 4.79 Å². The SMILES string of the molecule is C[C@@H]1CCN(C(=O)OC(C)(C)C)C[C@@H]1CN. The number of likely N-dealkylation sites (tertiary alicyclic amines) is 1. The van der Waals surface area contributed by atoms with Crippen LogP contribution in [0.3, 0.4) is 0 Å². The molecule has 0 aliphatic carbocycles. The van der Waals surface area contributed by atoms with Crippen LogP contribution in [0, 0.1) is 11.8 Å². The number of amides is 1. The van der Waals surface area contributed by atoms with Crippen LogP contribution in [-0.2, 0) is 4.74 Å². The number of hydrogen-bond acceptors (Lipinski definition) is 3. The first-order valence-electron chi connectivity index (χ1n) is 6.01. The molecule has 0 radical (unpaired) electrons. The Hall–Kier alpha value is -0.770. The fraction of sp³-hybridized carbons (Fsp3) is 0.917. The summed E-state index contributed by atoms with van der Waals surface area (Å²) in [5.74, 6) is 1.00. The standard InChI is InChI=1S/C12H24N2O2/c1-9-5-6-14(8-10(9)7-13)11(15)16-12(2,3)4/h9-10H,5-8,13H2,1-4H3/t9-,10+/m1/s1. The van der Waals surface area contributed by atoms with Crippen LogP contribution in [0.15, 0.2) is 0 Å². The van der Waals surface area contributed by atoms with Crippen LogP contribution in [0.1, 0.15) is 34.1 Å². The Bertz CT molecular complexity index is 248. The molecule has 16 heavy (non-hydrogen) atoms. The Balaban J connectivity index is 2.52. The van der Waals surface area contributed by atoms with Gasteiger partial charge in [0.25, 0.3) is 0 Å². The summed E-state index contributed by atoms with van der Waals surface area (Å²) in [6.45, 7) is 10.0. The molecule has 2 N–H and O–H groups in total. The molecule has 1 heterocycles. The quantitative estimate of drug-likeness (QED) is 0.745. The summed E-state index contributed by atoms with van der Waals surface area (Å²) in [4.78, 5) is 13.6. The first-order valence-corrected chi connectivity index (χ1v) is 6.01. The van der Waals surface area contributed by atoms with Gasteiger partial charge in [-0.2, -0.15) is 0 Å². The lowest BCUT2D eigenvalue weighted by molar-refractivity contribution is 0.0121. The van der Waals surface area contributed by atoms with Crippen LogP contribution in [-0.4, -0.2) is 36.2 Å². The van der Waals surface area contributed by atoms with Crippen molar-refractivity contribution in [1.82, 2.24) is 4.90 Å². The number of piperidine rings is 1. The predicted molar refractivity (Wildman–Crippen MR) is 64.1 cm³/mol. The van der Waals surface area contributed by atoms with Gasteiger partial charge in [-0.05, 0) is 45.6 Å². The van der Waals surface area contributed by atoms with Gasteiger partial charge in [-0.1, -0.05) is 6.92 Å². The number of ether oxygens (including phenoxy) is 1. The normalized spacial score (nSPS) is 26.7. The lowest BCUT2D eigenvalue weighted by atomic mass is 9.87. The molecule has 1 saturated heterocycles. The molecule has 0 aromatic heterocycles. The van der Waals surface area contributed by atoms with E-state index in [2.05, 4.69) is 6.92 Å². The maximum absolute atomic E-state index is 11.8. The minimum Gasteiger partial charge on any atom is -0.444 e. The van der Waals surface area contributed by atoms with Crippen molar-refractivity contribution in [3.63, 3.8) is 0 Å². The first-order chi connectivity index (χ1) is 7.33. The van der Waals surface area contributed by atoms with Crippen molar-refractivity contribution in [2.75, 3.05) is 19.6 Å². The molecule has 4 nitrogen and oxygen atoms in total. The van der Waals surface area contributed by atoms with Crippen LogP contribution in [0.5, 0.6) is 0 Å². The van der Waals surface area contributed by atoms with Crippen molar-refractivity contribution in [2.45, 2.75) is 39.7 Å². The van der Waals surface area contributed by atoms with Crippen molar-refractivity contribution in [3.8, 4) is 0 Å². The molecular formula is C12H24N2O2. The second kappa shape index (κ2) is 5.04. The van der Waals surface area contributed by atoms with Crippen molar-refractivity contribution in [1.29, 1.82) is 0 Å². The fourth-order valence-corrected chi connectivity index (χ4v) is 1.95. The Kier molecular flexibility index (Phi) is 4.19. The number of hydrogen-bond donors (Lipinski definition) is 1. The molecule has 1 aliphatic heterocycles. The van der Waals surface area contributed by atoms with E-state index < -0.39 is 5.60 Å². The predicted octanol–water partition coefficient (Wildman–Crippen LogP) is 1.84. The smallest absolute Gasteiger partial charge is 0.410 e. The maximum atomic E-state index is 11.8. The average molecular weight is 228 g/mol. The van der Waals surface area contributed by atoms with Crippen molar-refractivity contribution in [2.24, 2.45) is 17.6 Å². The Morgan fingerprint density at radius 2 is 2.12 bits per heavy atom. The minimum atomic E-state index is -0.418. The van der Waals surface area contributed by atoms with Gasteiger partial charge < -0.3 is 15.4 Å². The molecule has 1 rings (SSSR count). The van der Waals surface area contributed by atoms with Crippen LogP contribution in [0.4, 0.5) is 4.79 Å². The molecule has 4 heteroatoms. The van der Waals surface area contributed by atoms with Crippen LogP contribution in [0.2, 0.25) is 0 Å². The van der Waals surface area contributed by atoms with E-state index in [1.165, 1.54) is 0 Å².